The van der Waals surface area contributed by atoms with Gasteiger partial charge in [-0.1, -0.05) is 38.3 Å². The summed E-state index contributed by atoms with van der Waals surface area (Å²) in [6.07, 6.45) is 4.83. The Kier molecular flexibility index (Phi) is 6.71. The maximum absolute atomic E-state index is 5.66. The minimum Gasteiger partial charge on any atom is -0.494 e. The van der Waals surface area contributed by atoms with Gasteiger partial charge in [-0.05, 0) is 31.0 Å². The number of hydrogen-bond acceptors (Lipinski definition) is 2. The van der Waals surface area contributed by atoms with E-state index >= 15 is 0 Å². The van der Waals surface area contributed by atoms with Crippen LogP contribution in [0.3, 0.4) is 0 Å². The highest BCUT2D eigenvalue weighted by Crippen LogP contribution is 2.19. The SMILES string of the molecule is [CH2]C(OC)c1ccc(OCCCCCC)cc1. The summed E-state index contributed by atoms with van der Waals surface area (Å²) < 4.78 is 10.8. The monoisotopic (exact) mass is 235 g/mol. The van der Waals surface area contributed by atoms with E-state index in [4.69, 9.17) is 9.47 Å². The van der Waals surface area contributed by atoms with Gasteiger partial charge in [-0.15, -0.1) is 0 Å². The lowest BCUT2D eigenvalue weighted by Crippen LogP contribution is -1.99. The van der Waals surface area contributed by atoms with Gasteiger partial charge in [0.1, 0.15) is 5.75 Å². The van der Waals surface area contributed by atoms with Crippen LogP contribution in [0.5, 0.6) is 5.75 Å². The molecule has 1 radical (unpaired) electrons. The average molecular weight is 235 g/mol. The van der Waals surface area contributed by atoms with E-state index in [1.165, 1.54) is 19.3 Å². The Balaban J connectivity index is 2.30. The maximum atomic E-state index is 5.66. The van der Waals surface area contributed by atoms with Crippen LogP contribution in [0.25, 0.3) is 0 Å². The number of rotatable bonds is 8. The lowest BCUT2D eigenvalue weighted by Gasteiger charge is -2.11. The minimum atomic E-state index is -0.103. The van der Waals surface area contributed by atoms with Gasteiger partial charge in [-0.25, -0.2) is 0 Å². The third kappa shape index (κ3) is 5.22. The molecule has 1 unspecified atom stereocenters. The van der Waals surface area contributed by atoms with Crippen LogP contribution in [0.2, 0.25) is 0 Å². The molecule has 0 spiro atoms. The van der Waals surface area contributed by atoms with Crippen molar-refractivity contribution in [2.24, 2.45) is 0 Å². The second-order valence-electron chi connectivity index (χ2n) is 4.20. The lowest BCUT2D eigenvalue weighted by atomic mass is 10.1. The highest BCUT2D eigenvalue weighted by Gasteiger charge is 2.03. The van der Waals surface area contributed by atoms with Gasteiger partial charge in [0.15, 0.2) is 0 Å². The fraction of sp³-hybridized carbons (Fsp3) is 0.533. The molecule has 2 nitrogen and oxygen atoms in total. The maximum Gasteiger partial charge on any atom is 0.119 e. The summed E-state index contributed by atoms with van der Waals surface area (Å²) in [4.78, 5) is 0. The van der Waals surface area contributed by atoms with Crippen molar-refractivity contribution in [3.63, 3.8) is 0 Å². The molecule has 0 aliphatic heterocycles. The Bertz CT molecular complexity index is 292. The Hall–Kier alpha value is -1.02. The Labute approximate surface area is 105 Å². The topological polar surface area (TPSA) is 18.5 Å². The van der Waals surface area contributed by atoms with E-state index in [1.54, 1.807) is 7.11 Å². The molecule has 0 bridgehead atoms. The largest absolute Gasteiger partial charge is 0.494 e. The van der Waals surface area contributed by atoms with Crippen LogP contribution in [0.15, 0.2) is 24.3 Å². The van der Waals surface area contributed by atoms with Gasteiger partial charge in [0.2, 0.25) is 0 Å². The second-order valence-corrected chi connectivity index (χ2v) is 4.20. The molecule has 0 aromatic heterocycles. The first-order chi connectivity index (χ1) is 8.27. The van der Waals surface area contributed by atoms with Crippen molar-refractivity contribution in [2.45, 2.75) is 38.7 Å². The molecule has 0 heterocycles. The van der Waals surface area contributed by atoms with Crippen LogP contribution in [0.1, 0.15) is 44.3 Å². The first-order valence-electron chi connectivity index (χ1n) is 6.36. The molecule has 1 aromatic rings. The zero-order valence-corrected chi connectivity index (χ0v) is 10.9. The summed E-state index contributed by atoms with van der Waals surface area (Å²) in [5.41, 5.74) is 1.07. The zero-order valence-electron chi connectivity index (χ0n) is 10.9. The predicted octanol–water partition coefficient (Wildman–Crippen LogP) is 4.17. The molecule has 1 rings (SSSR count). The predicted molar refractivity (Wildman–Crippen MR) is 71.2 cm³/mol. The van der Waals surface area contributed by atoms with Gasteiger partial charge in [0.05, 0.1) is 12.7 Å². The molecule has 0 amide bonds. The van der Waals surface area contributed by atoms with Crippen LogP contribution in [0, 0.1) is 6.92 Å². The van der Waals surface area contributed by atoms with E-state index in [-0.39, 0.29) is 6.10 Å². The van der Waals surface area contributed by atoms with Crippen molar-refractivity contribution in [2.75, 3.05) is 13.7 Å². The van der Waals surface area contributed by atoms with Gasteiger partial charge in [-0.3, -0.25) is 0 Å². The lowest BCUT2D eigenvalue weighted by molar-refractivity contribution is 0.140. The van der Waals surface area contributed by atoms with Crippen LogP contribution in [-0.4, -0.2) is 13.7 Å². The van der Waals surface area contributed by atoms with Gasteiger partial charge < -0.3 is 9.47 Å². The molecule has 0 saturated heterocycles. The molecular weight excluding hydrogens is 212 g/mol. The van der Waals surface area contributed by atoms with Crippen molar-refractivity contribution in [3.05, 3.63) is 36.8 Å². The standard InChI is InChI=1S/C15H23O2/c1-4-5-6-7-12-17-15-10-8-14(9-11-15)13(2)16-3/h8-11,13H,2,4-7,12H2,1,3H3. The summed E-state index contributed by atoms with van der Waals surface area (Å²) in [5.74, 6) is 0.925. The van der Waals surface area contributed by atoms with Crippen LogP contribution < -0.4 is 4.74 Å². The van der Waals surface area contributed by atoms with Gasteiger partial charge >= 0.3 is 0 Å². The highest BCUT2D eigenvalue weighted by atomic mass is 16.5. The van der Waals surface area contributed by atoms with E-state index in [1.807, 2.05) is 24.3 Å². The van der Waals surface area contributed by atoms with E-state index in [0.29, 0.717) is 0 Å². The number of hydrogen-bond donors (Lipinski definition) is 0. The van der Waals surface area contributed by atoms with Gasteiger partial charge in [0, 0.05) is 7.11 Å². The number of benzene rings is 1. The number of unbranched alkanes of at least 4 members (excludes halogenated alkanes) is 3. The molecule has 0 N–H and O–H groups in total. The minimum absolute atomic E-state index is 0.103. The number of ether oxygens (including phenoxy) is 2. The molecule has 0 aliphatic rings. The summed E-state index contributed by atoms with van der Waals surface area (Å²) in [5, 5.41) is 0. The van der Waals surface area contributed by atoms with Crippen LogP contribution in [0.4, 0.5) is 0 Å². The molecule has 1 atom stereocenters. The van der Waals surface area contributed by atoms with Crippen LogP contribution in [-0.2, 0) is 4.74 Å². The second kappa shape index (κ2) is 8.13. The Morgan fingerprint density at radius 2 is 1.82 bits per heavy atom. The molecule has 0 aliphatic carbocycles. The molecule has 1 aromatic carbocycles. The molecule has 2 heteroatoms. The summed E-state index contributed by atoms with van der Waals surface area (Å²) in [6.45, 7) is 6.91. The molecule has 17 heavy (non-hydrogen) atoms. The number of methoxy groups -OCH3 is 1. The third-order valence-electron chi connectivity index (χ3n) is 2.80. The molecule has 0 fully saturated rings. The smallest absolute Gasteiger partial charge is 0.119 e. The van der Waals surface area contributed by atoms with Crippen molar-refractivity contribution < 1.29 is 9.47 Å². The van der Waals surface area contributed by atoms with E-state index < -0.39 is 0 Å². The molecule has 95 valence electrons. The normalized spacial score (nSPS) is 12.4. The van der Waals surface area contributed by atoms with Crippen molar-refractivity contribution in [1.29, 1.82) is 0 Å². The third-order valence-corrected chi connectivity index (χ3v) is 2.80. The Morgan fingerprint density at radius 1 is 1.12 bits per heavy atom. The van der Waals surface area contributed by atoms with E-state index in [0.717, 1.165) is 24.3 Å². The van der Waals surface area contributed by atoms with E-state index in [2.05, 4.69) is 13.8 Å². The summed E-state index contributed by atoms with van der Waals surface area (Å²) in [6, 6.07) is 7.96. The highest BCUT2D eigenvalue weighted by molar-refractivity contribution is 5.28. The fourth-order valence-electron chi connectivity index (χ4n) is 1.63. The zero-order chi connectivity index (χ0) is 12.5. The molecular formula is C15H23O2. The van der Waals surface area contributed by atoms with Crippen molar-refractivity contribution >= 4 is 0 Å². The van der Waals surface area contributed by atoms with Crippen molar-refractivity contribution in [3.8, 4) is 5.75 Å². The Morgan fingerprint density at radius 3 is 2.41 bits per heavy atom. The molecule has 0 saturated carbocycles. The quantitative estimate of drug-likeness (QED) is 0.630. The van der Waals surface area contributed by atoms with Gasteiger partial charge in [-0.2, -0.15) is 0 Å². The van der Waals surface area contributed by atoms with Gasteiger partial charge in [0.25, 0.3) is 0 Å². The van der Waals surface area contributed by atoms with E-state index in [9.17, 15) is 0 Å². The van der Waals surface area contributed by atoms with Crippen molar-refractivity contribution in [1.82, 2.24) is 0 Å². The average Bonchev–Trinajstić information content (AvgIpc) is 2.38. The fourth-order valence-corrected chi connectivity index (χ4v) is 1.63. The first kappa shape index (κ1) is 14.0. The summed E-state index contributed by atoms with van der Waals surface area (Å²) in [7, 11) is 1.66. The first-order valence-corrected chi connectivity index (χ1v) is 6.36. The van der Waals surface area contributed by atoms with Crippen LogP contribution >= 0.6 is 0 Å². The summed E-state index contributed by atoms with van der Waals surface area (Å²) >= 11 is 0.